The van der Waals surface area contributed by atoms with E-state index in [-0.39, 0.29) is 6.61 Å². The van der Waals surface area contributed by atoms with Gasteiger partial charge < -0.3 is 9.84 Å². The first-order valence-corrected chi connectivity index (χ1v) is 5.89. The molecule has 0 radical (unpaired) electrons. The molecule has 0 saturated carbocycles. The lowest BCUT2D eigenvalue weighted by atomic mass is 9.83. The second-order valence-electron chi connectivity index (χ2n) is 4.95. The number of carboxylic acid groups (broad SMARTS) is 1. The van der Waals surface area contributed by atoms with Gasteiger partial charge in [0.15, 0.2) is 0 Å². The SMILES string of the molecule is CC(C)n1ccc(CC2(C(=O)O)CCOC2)n1. The lowest BCUT2D eigenvalue weighted by molar-refractivity contribution is -0.148. The van der Waals surface area contributed by atoms with Crippen molar-refractivity contribution in [1.29, 1.82) is 0 Å². The zero-order chi connectivity index (χ0) is 12.5. The van der Waals surface area contributed by atoms with Crippen molar-refractivity contribution in [3.63, 3.8) is 0 Å². The third kappa shape index (κ3) is 2.34. The van der Waals surface area contributed by atoms with Gasteiger partial charge in [0.1, 0.15) is 0 Å². The standard InChI is InChI=1S/C12H18N2O3/c1-9(2)14-5-3-10(13-14)7-12(11(15)16)4-6-17-8-12/h3,5,9H,4,6-8H2,1-2H3,(H,15,16). The van der Waals surface area contributed by atoms with Gasteiger partial charge in [0.2, 0.25) is 0 Å². The molecule has 0 amide bonds. The molecule has 17 heavy (non-hydrogen) atoms. The Balaban J connectivity index is 2.15. The molecule has 0 aliphatic carbocycles. The number of carboxylic acids is 1. The minimum atomic E-state index is -0.783. The molecule has 1 fully saturated rings. The number of aromatic nitrogens is 2. The van der Waals surface area contributed by atoms with E-state index in [1.54, 1.807) is 0 Å². The van der Waals surface area contributed by atoms with Crippen LogP contribution < -0.4 is 0 Å². The summed E-state index contributed by atoms with van der Waals surface area (Å²) in [4.78, 5) is 11.4. The topological polar surface area (TPSA) is 64.4 Å². The molecular formula is C12H18N2O3. The first-order chi connectivity index (χ1) is 8.03. The van der Waals surface area contributed by atoms with E-state index in [1.165, 1.54) is 0 Å². The van der Waals surface area contributed by atoms with Crippen molar-refractivity contribution >= 4 is 5.97 Å². The molecule has 0 aromatic carbocycles. The van der Waals surface area contributed by atoms with Crippen molar-refractivity contribution in [2.24, 2.45) is 5.41 Å². The maximum absolute atomic E-state index is 11.4. The van der Waals surface area contributed by atoms with E-state index in [9.17, 15) is 9.90 Å². The van der Waals surface area contributed by atoms with Gasteiger partial charge in [0.25, 0.3) is 0 Å². The Labute approximate surface area is 100 Å². The highest BCUT2D eigenvalue weighted by Gasteiger charge is 2.43. The number of ether oxygens (including phenoxy) is 1. The minimum absolute atomic E-state index is 0.289. The number of nitrogens with zero attached hydrogens (tertiary/aromatic N) is 2. The highest BCUT2D eigenvalue weighted by Crippen LogP contribution is 2.32. The van der Waals surface area contributed by atoms with Crippen LogP contribution >= 0.6 is 0 Å². The van der Waals surface area contributed by atoms with Gasteiger partial charge >= 0.3 is 5.97 Å². The van der Waals surface area contributed by atoms with Gasteiger partial charge in [0.05, 0.1) is 17.7 Å². The summed E-state index contributed by atoms with van der Waals surface area (Å²) in [5.74, 6) is -0.783. The number of hydrogen-bond donors (Lipinski definition) is 1. The van der Waals surface area contributed by atoms with E-state index in [1.807, 2.05) is 30.8 Å². The van der Waals surface area contributed by atoms with E-state index in [2.05, 4.69) is 5.10 Å². The van der Waals surface area contributed by atoms with Crippen LogP contribution in [-0.2, 0) is 16.0 Å². The summed E-state index contributed by atoms with van der Waals surface area (Å²) in [7, 11) is 0. The highest BCUT2D eigenvalue weighted by atomic mass is 16.5. The zero-order valence-electron chi connectivity index (χ0n) is 10.2. The molecule has 1 atom stereocenters. The summed E-state index contributed by atoms with van der Waals surface area (Å²) >= 11 is 0. The third-order valence-corrected chi connectivity index (χ3v) is 3.27. The molecule has 1 unspecified atom stereocenters. The van der Waals surface area contributed by atoms with Gasteiger partial charge in [0, 0.05) is 25.3 Å². The Bertz CT molecular complexity index is 406. The summed E-state index contributed by atoms with van der Waals surface area (Å²) in [5, 5.41) is 13.7. The zero-order valence-corrected chi connectivity index (χ0v) is 10.2. The van der Waals surface area contributed by atoms with Crippen LogP contribution in [0.25, 0.3) is 0 Å². The van der Waals surface area contributed by atoms with E-state index >= 15 is 0 Å². The molecule has 94 valence electrons. The maximum atomic E-state index is 11.4. The summed E-state index contributed by atoms with van der Waals surface area (Å²) in [6.45, 7) is 4.90. The predicted octanol–water partition coefficient (Wildman–Crippen LogP) is 1.50. The summed E-state index contributed by atoms with van der Waals surface area (Å²) in [6.07, 6.45) is 2.91. The second kappa shape index (κ2) is 4.49. The van der Waals surface area contributed by atoms with Crippen LogP contribution in [0.4, 0.5) is 0 Å². The summed E-state index contributed by atoms with van der Waals surface area (Å²) in [5.41, 5.74) is 0.0440. The number of rotatable bonds is 4. The lowest BCUT2D eigenvalue weighted by Gasteiger charge is -2.20. The molecule has 2 heterocycles. The maximum Gasteiger partial charge on any atom is 0.312 e. The van der Waals surface area contributed by atoms with Gasteiger partial charge in [-0.25, -0.2) is 0 Å². The second-order valence-corrected chi connectivity index (χ2v) is 4.95. The van der Waals surface area contributed by atoms with Gasteiger partial charge in [-0.2, -0.15) is 5.10 Å². The Morgan fingerprint density at radius 2 is 2.47 bits per heavy atom. The van der Waals surface area contributed by atoms with Crippen molar-refractivity contribution in [3.05, 3.63) is 18.0 Å². The average Bonchev–Trinajstić information content (AvgIpc) is 2.88. The molecule has 1 aromatic heterocycles. The van der Waals surface area contributed by atoms with Crippen LogP contribution in [0.1, 0.15) is 32.0 Å². The average molecular weight is 238 g/mol. The molecule has 0 spiro atoms. The third-order valence-electron chi connectivity index (χ3n) is 3.27. The van der Waals surface area contributed by atoms with Crippen molar-refractivity contribution in [2.75, 3.05) is 13.2 Å². The van der Waals surface area contributed by atoms with Crippen LogP contribution in [0.3, 0.4) is 0 Å². The van der Waals surface area contributed by atoms with Crippen molar-refractivity contribution < 1.29 is 14.6 Å². The van der Waals surface area contributed by atoms with Gasteiger partial charge in [-0.1, -0.05) is 0 Å². The monoisotopic (exact) mass is 238 g/mol. The van der Waals surface area contributed by atoms with E-state index < -0.39 is 11.4 Å². The van der Waals surface area contributed by atoms with Gasteiger partial charge in [-0.15, -0.1) is 0 Å². The van der Waals surface area contributed by atoms with Crippen LogP contribution in [0.15, 0.2) is 12.3 Å². The molecule has 1 aliphatic heterocycles. The number of carbonyl (C=O) groups is 1. The van der Waals surface area contributed by atoms with E-state index in [4.69, 9.17) is 4.74 Å². The normalized spacial score (nSPS) is 24.4. The Morgan fingerprint density at radius 1 is 1.71 bits per heavy atom. The quantitative estimate of drug-likeness (QED) is 0.863. The molecule has 5 heteroatoms. The molecule has 5 nitrogen and oxygen atoms in total. The van der Waals surface area contributed by atoms with Crippen LogP contribution in [0.2, 0.25) is 0 Å². The van der Waals surface area contributed by atoms with Gasteiger partial charge in [-0.3, -0.25) is 9.48 Å². The molecule has 1 N–H and O–H groups in total. The highest BCUT2D eigenvalue weighted by molar-refractivity contribution is 5.75. The minimum Gasteiger partial charge on any atom is -0.481 e. The van der Waals surface area contributed by atoms with Crippen LogP contribution in [-0.4, -0.2) is 34.1 Å². The Hall–Kier alpha value is -1.36. The Morgan fingerprint density at radius 3 is 2.94 bits per heavy atom. The Kier molecular flexibility index (Phi) is 3.19. The fourth-order valence-electron chi connectivity index (χ4n) is 2.10. The molecular weight excluding hydrogens is 220 g/mol. The molecule has 1 aliphatic rings. The number of aliphatic carboxylic acids is 1. The summed E-state index contributed by atoms with van der Waals surface area (Å²) in [6, 6.07) is 2.19. The molecule has 0 bridgehead atoms. The molecule has 1 saturated heterocycles. The van der Waals surface area contributed by atoms with Crippen molar-refractivity contribution in [1.82, 2.24) is 9.78 Å². The van der Waals surface area contributed by atoms with Crippen molar-refractivity contribution in [3.8, 4) is 0 Å². The van der Waals surface area contributed by atoms with Crippen LogP contribution in [0.5, 0.6) is 0 Å². The summed E-state index contributed by atoms with van der Waals surface area (Å²) < 4.78 is 7.08. The van der Waals surface area contributed by atoms with E-state index in [0.717, 1.165) is 5.69 Å². The lowest BCUT2D eigenvalue weighted by Crippen LogP contribution is -2.34. The van der Waals surface area contributed by atoms with E-state index in [0.29, 0.717) is 25.5 Å². The fraction of sp³-hybridized carbons (Fsp3) is 0.667. The predicted molar refractivity (Wildman–Crippen MR) is 61.8 cm³/mol. The molecule has 2 rings (SSSR count). The fourth-order valence-corrected chi connectivity index (χ4v) is 2.10. The first-order valence-electron chi connectivity index (χ1n) is 5.89. The molecule has 1 aromatic rings. The largest absolute Gasteiger partial charge is 0.481 e. The van der Waals surface area contributed by atoms with Gasteiger partial charge in [-0.05, 0) is 26.3 Å². The number of hydrogen-bond acceptors (Lipinski definition) is 3. The van der Waals surface area contributed by atoms with Crippen molar-refractivity contribution in [2.45, 2.75) is 32.7 Å². The first kappa shape index (κ1) is 12.1. The smallest absolute Gasteiger partial charge is 0.312 e. The van der Waals surface area contributed by atoms with Crippen LogP contribution in [0, 0.1) is 5.41 Å².